The Bertz CT molecular complexity index is 427. The quantitative estimate of drug-likeness (QED) is 0.889. The van der Waals surface area contributed by atoms with E-state index in [0.717, 1.165) is 36.9 Å². The highest BCUT2D eigenvalue weighted by Crippen LogP contribution is 2.22. The summed E-state index contributed by atoms with van der Waals surface area (Å²) in [5.41, 5.74) is 1.15. The van der Waals surface area contributed by atoms with Gasteiger partial charge in [-0.3, -0.25) is 9.69 Å². The maximum Gasteiger partial charge on any atom is 0.304 e. The first-order chi connectivity index (χ1) is 9.06. The molecule has 5 nitrogen and oxygen atoms in total. The lowest BCUT2D eigenvalue weighted by atomic mass is 10.2. The number of rotatable bonds is 5. The highest BCUT2D eigenvalue weighted by atomic mass is 32.1. The van der Waals surface area contributed by atoms with Crippen LogP contribution < -0.4 is 0 Å². The number of aliphatic carboxylic acids is 1. The molecule has 106 valence electrons. The molecule has 0 bridgehead atoms. The molecule has 0 spiro atoms. The van der Waals surface area contributed by atoms with E-state index in [-0.39, 0.29) is 6.42 Å². The smallest absolute Gasteiger partial charge is 0.304 e. The molecule has 2 rings (SSSR count). The van der Waals surface area contributed by atoms with Crippen molar-refractivity contribution in [3.8, 4) is 0 Å². The molecule has 19 heavy (non-hydrogen) atoms. The number of aryl methyl sites for hydroxylation is 1. The molecule has 0 saturated carbocycles. The van der Waals surface area contributed by atoms with Crippen molar-refractivity contribution in [2.75, 3.05) is 32.7 Å². The van der Waals surface area contributed by atoms with E-state index in [4.69, 9.17) is 5.11 Å². The fourth-order valence-electron chi connectivity index (χ4n) is 2.39. The summed E-state index contributed by atoms with van der Waals surface area (Å²) in [7, 11) is 0. The lowest BCUT2D eigenvalue weighted by Crippen LogP contribution is -2.47. The summed E-state index contributed by atoms with van der Waals surface area (Å²) in [6.07, 6.45) is 0.237. The number of carbonyl (C=O) groups is 1. The molecule has 1 fully saturated rings. The first kappa shape index (κ1) is 14.4. The van der Waals surface area contributed by atoms with Crippen molar-refractivity contribution in [3.63, 3.8) is 0 Å². The Hall–Kier alpha value is -0.980. The molecule has 1 aliphatic heterocycles. The van der Waals surface area contributed by atoms with Crippen LogP contribution in [-0.2, 0) is 4.79 Å². The van der Waals surface area contributed by atoms with Gasteiger partial charge in [0, 0.05) is 38.1 Å². The molecule has 1 aromatic heterocycles. The van der Waals surface area contributed by atoms with Crippen molar-refractivity contribution >= 4 is 17.3 Å². The van der Waals surface area contributed by atoms with E-state index in [0.29, 0.717) is 12.6 Å². The number of carboxylic acids is 1. The molecule has 0 aliphatic carbocycles. The molecule has 1 N–H and O–H groups in total. The summed E-state index contributed by atoms with van der Waals surface area (Å²) in [6, 6.07) is 0.353. The molecule has 1 aromatic rings. The molecular weight excluding hydrogens is 262 g/mol. The van der Waals surface area contributed by atoms with Gasteiger partial charge in [0.25, 0.3) is 0 Å². The van der Waals surface area contributed by atoms with Gasteiger partial charge in [0.15, 0.2) is 0 Å². The predicted molar refractivity (Wildman–Crippen MR) is 75.5 cm³/mol. The summed E-state index contributed by atoms with van der Waals surface area (Å²) in [4.78, 5) is 19.8. The maximum atomic E-state index is 10.6. The van der Waals surface area contributed by atoms with Gasteiger partial charge in [0.05, 0.1) is 23.2 Å². The standard InChI is InChI=1S/C13H21N3O2S/c1-10(12-9-19-11(2)14-12)16-7-5-15(6-8-16)4-3-13(17)18/h9-10H,3-8H2,1-2H3,(H,17,18). The minimum Gasteiger partial charge on any atom is -0.481 e. The number of piperazine rings is 1. The van der Waals surface area contributed by atoms with Crippen molar-refractivity contribution < 1.29 is 9.90 Å². The lowest BCUT2D eigenvalue weighted by Gasteiger charge is -2.37. The van der Waals surface area contributed by atoms with Gasteiger partial charge in [0.2, 0.25) is 0 Å². The summed E-state index contributed by atoms with van der Waals surface area (Å²) >= 11 is 1.70. The number of hydrogen-bond acceptors (Lipinski definition) is 5. The minimum absolute atomic E-state index is 0.237. The van der Waals surface area contributed by atoms with Crippen molar-refractivity contribution in [2.24, 2.45) is 0 Å². The summed E-state index contributed by atoms with van der Waals surface area (Å²) in [6.45, 7) is 8.75. The van der Waals surface area contributed by atoms with Crippen molar-refractivity contribution in [3.05, 3.63) is 16.1 Å². The Morgan fingerprint density at radius 3 is 2.68 bits per heavy atom. The molecule has 1 atom stereocenters. The van der Waals surface area contributed by atoms with E-state index in [2.05, 4.69) is 27.1 Å². The Labute approximate surface area is 117 Å². The topological polar surface area (TPSA) is 56.7 Å². The van der Waals surface area contributed by atoms with Crippen LogP contribution in [0.3, 0.4) is 0 Å². The molecular formula is C13H21N3O2S. The van der Waals surface area contributed by atoms with Crippen LogP contribution in [0.15, 0.2) is 5.38 Å². The Morgan fingerprint density at radius 2 is 2.16 bits per heavy atom. The van der Waals surface area contributed by atoms with Gasteiger partial charge in [-0.05, 0) is 13.8 Å². The van der Waals surface area contributed by atoms with E-state index in [1.54, 1.807) is 11.3 Å². The van der Waals surface area contributed by atoms with Crippen LogP contribution in [0.25, 0.3) is 0 Å². The fraction of sp³-hybridized carbons (Fsp3) is 0.692. The average molecular weight is 283 g/mol. The zero-order valence-electron chi connectivity index (χ0n) is 11.5. The van der Waals surface area contributed by atoms with E-state index < -0.39 is 5.97 Å². The van der Waals surface area contributed by atoms with E-state index in [1.807, 2.05) is 6.92 Å². The van der Waals surface area contributed by atoms with Crippen LogP contribution in [0.4, 0.5) is 0 Å². The third kappa shape index (κ3) is 3.99. The first-order valence-corrected chi connectivity index (χ1v) is 7.54. The van der Waals surface area contributed by atoms with Crippen molar-refractivity contribution in [1.82, 2.24) is 14.8 Å². The third-order valence-corrected chi connectivity index (χ3v) is 4.45. The van der Waals surface area contributed by atoms with Crippen molar-refractivity contribution in [1.29, 1.82) is 0 Å². The maximum absolute atomic E-state index is 10.6. The normalized spacial score (nSPS) is 19.5. The minimum atomic E-state index is -0.714. The van der Waals surface area contributed by atoms with Crippen LogP contribution in [0.2, 0.25) is 0 Å². The number of hydrogen-bond donors (Lipinski definition) is 1. The van der Waals surface area contributed by atoms with E-state index in [9.17, 15) is 4.79 Å². The van der Waals surface area contributed by atoms with Crippen molar-refractivity contribution in [2.45, 2.75) is 26.3 Å². The summed E-state index contributed by atoms with van der Waals surface area (Å²) < 4.78 is 0. The second-order valence-electron chi connectivity index (χ2n) is 4.99. The fourth-order valence-corrected chi connectivity index (χ4v) is 3.09. The summed E-state index contributed by atoms with van der Waals surface area (Å²) in [5.74, 6) is -0.714. The van der Waals surface area contributed by atoms with Crippen LogP contribution in [-0.4, -0.2) is 58.6 Å². The predicted octanol–water partition coefficient (Wildman–Crippen LogP) is 1.60. The molecule has 1 saturated heterocycles. The van der Waals surface area contributed by atoms with Crippen LogP contribution in [0, 0.1) is 6.92 Å². The van der Waals surface area contributed by atoms with Gasteiger partial charge in [-0.1, -0.05) is 0 Å². The second kappa shape index (κ2) is 6.45. The summed E-state index contributed by atoms with van der Waals surface area (Å²) in [5, 5.41) is 11.9. The molecule has 0 aromatic carbocycles. The second-order valence-corrected chi connectivity index (χ2v) is 6.05. The molecule has 0 radical (unpaired) electrons. The van der Waals surface area contributed by atoms with Gasteiger partial charge >= 0.3 is 5.97 Å². The SMILES string of the molecule is Cc1nc(C(C)N2CCN(CCC(=O)O)CC2)cs1. The average Bonchev–Trinajstić information content (AvgIpc) is 2.83. The lowest BCUT2D eigenvalue weighted by molar-refractivity contribution is -0.137. The number of nitrogens with zero attached hydrogens (tertiary/aromatic N) is 3. The van der Waals surface area contributed by atoms with Gasteiger partial charge < -0.3 is 10.0 Å². The molecule has 6 heteroatoms. The number of carboxylic acid groups (broad SMARTS) is 1. The zero-order valence-corrected chi connectivity index (χ0v) is 12.3. The highest BCUT2D eigenvalue weighted by Gasteiger charge is 2.23. The van der Waals surface area contributed by atoms with Gasteiger partial charge in [-0.2, -0.15) is 0 Å². The molecule has 2 heterocycles. The first-order valence-electron chi connectivity index (χ1n) is 6.66. The van der Waals surface area contributed by atoms with Gasteiger partial charge in [0.1, 0.15) is 0 Å². The Balaban J connectivity index is 1.81. The Morgan fingerprint density at radius 1 is 1.47 bits per heavy atom. The molecule has 1 aliphatic rings. The molecule has 1 unspecified atom stereocenters. The van der Waals surface area contributed by atoms with E-state index in [1.165, 1.54) is 0 Å². The molecule has 0 amide bonds. The monoisotopic (exact) mass is 283 g/mol. The van der Waals surface area contributed by atoms with Gasteiger partial charge in [-0.25, -0.2) is 4.98 Å². The van der Waals surface area contributed by atoms with Crippen LogP contribution in [0.5, 0.6) is 0 Å². The number of aromatic nitrogens is 1. The van der Waals surface area contributed by atoms with Crippen LogP contribution >= 0.6 is 11.3 Å². The highest BCUT2D eigenvalue weighted by molar-refractivity contribution is 7.09. The van der Waals surface area contributed by atoms with Gasteiger partial charge in [-0.15, -0.1) is 11.3 Å². The largest absolute Gasteiger partial charge is 0.481 e. The number of thiazole rings is 1. The van der Waals surface area contributed by atoms with Crippen LogP contribution in [0.1, 0.15) is 30.1 Å². The Kier molecular flexibility index (Phi) is 4.90. The van der Waals surface area contributed by atoms with E-state index >= 15 is 0 Å². The zero-order chi connectivity index (χ0) is 13.8. The third-order valence-electron chi connectivity index (χ3n) is 3.66.